The van der Waals surface area contributed by atoms with E-state index in [9.17, 15) is 0 Å². The Labute approximate surface area is 128 Å². The van der Waals surface area contributed by atoms with Gasteiger partial charge in [0.2, 0.25) is 0 Å². The first-order valence-corrected chi connectivity index (χ1v) is 6.94. The average Bonchev–Trinajstić information content (AvgIpc) is 2.50. The van der Waals surface area contributed by atoms with Crippen LogP contribution in [0.25, 0.3) is 0 Å². The Balaban J connectivity index is 2.51. The number of hydrogen-bond donors (Lipinski definition) is 3. The second kappa shape index (κ2) is 6.65. The van der Waals surface area contributed by atoms with Gasteiger partial charge in [-0.15, -0.1) is 0 Å². The molecule has 0 saturated carbocycles. The van der Waals surface area contributed by atoms with Crippen LogP contribution in [0.5, 0.6) is 0 Å². The molecular weight excluding hydrogens is 288 g/mol. The molecule has 0 aliphatic heterocycles. The smallest absolute Gasteiger partial charge is 0.125 e. The van der Waals surface area contributed by atoms with Crippen molar-refractivity contribution in [3.8, 4) is 0 Å². The third kappa shape index (κ3) is 3.37. The quantitative estimate of drug-likeness (QED) is 0.460. The van der Waals surface area contributed by atoms with Crippen LogP contribution in [0, 0.1) is 18.3 Å². The van der Waals surface area contributed by atoms with E-state index in [1.54, 1.807) is 12.4 Å². The van der Waals surface area contributed by atoms with E-state index < -0.39 is 0 Å². The second-order valence-corrected chi connectivity index (χ2v) is 5.28. The zero-order valence-electron chi connectivity index (χ0n) is 11.8. The van der Waals surface area contributed by atoms with Gasteiger partial charge in [0, 0.05) is 29.3 Å². The van der Waals surface area contributed by atoms with E-state index in [2.05, 4.69) is 9.97 Å². The van der Waals surface area contributed by atoms with Gasteiger partial charge >= 0.3 is 0 Å². The maximum absolute atomic E-state index is 9.02. The minimum Gasteiger partial charge on any atom is -0.290 e. The number of nitrogens with one attached hydrogen (secondary N) is 2. The van der Waals surface area contributed by atoms with Crippen molar-refractivity contribution in [2.24, 2.45) is 5.92 Å². The Hall–Kier alpha value is -1.98. The molecule has 1 aromatic carbocycles. The summed E-state index contributed by atoms with van der Waals surface area (Å²) in [6.45, 7) is 3.66. The van der Waals surface area contributed by atoms with Crippen LogP contribution in [-0.2, 0) is 0 Å². The average molecular weight is 305 g/mol. The topological polar surface area (TPSA) is 81.9 Å². The molecule has 1 aromatic heterocycles. The SMILES string of the molecule is Cc1ncc(C(c2ccccc2Cl)C(C)C(=N)NO)cn1. The standard InChI is InChI=1S/C15H17ClN4O/c1-9(15(17)20-21)14(11-7-18-10(2)19-8-11)12-5-3-4-6-13(12)16/h3-9,14,21H,1-2H3,(H2,17,20). The zero-order valence-corrected chi connectivity index (χ0v) is 12.6. The highest BCUT2D eigenvalue weighted by molar-refractivity contribution is 6.31. The number of benzene rings is 1. The molecule has 0 radical (unpaired) electrons. The van der Waals surface area contributed by atoms with Crippen LogP contribution in [0.2, 0.25) is 5.02 Å². The molecule has 0 bridgehead atoms. The fraction of sp³-hybridized carbons (Fsp3) is 0.267. The van der Waals surface area contributed by atoms with E-state index in [-0.39, 0.29) is 17.7 Å². The summed E-state index contributed by atoms with van der Waals surface area (Å²) in [5, 5.41) is 17.5. The predicted molar refractivity (Wildman–Crippen MR) is 81.9 cm³/mol. The van der Waals surface area contributed by atoms with Crippen molar-refractivity contribution in [2.45, 2.75) is 19.8 Å². The fourth-order valence-electron chi connectivity index (χ4n) is 2.30. The number of rotatable bonds is 4. The van der Waals surface area contributed by atoms with E-state index in [0.717, 1.165) is 11.1 Å². The summed E-state index contributed by atoms with van der Waals surface area (Å²) in [5.41, 5.74) is 3.64. The van der Waals surface area contributed by atoms with Crippen molar-refractivity contribution in [1.29, 1.82) is 5.41 Å². The van der Waals surface area contributed by atoms with Crippen molar-refractivity contribution in [2.75, 3.05) is 0 Å². The number of nitrogens with zero attached hydrogens (tertiary/aromatic N) is 2. The second-order valence-electron chi connectivity index (χ2n) is 4.88. The molecule has 0 aliphatic carbocycles. The van der Waals surface area contributed by atoms with Gasteiger partial charge < -0.3 is 0 Å². The van der Waals surface area contributed by atoms with Gasteiger partial charge in [-0.25, -0.2) is 9.97 Å². The van der Waals surface area contributed by atoms with Gasteiger partial charge in [0.25, 0.3) is 0 Å². The molecule has 6 heteroatoms. The largest absolute Gasteiger partial charge is 0.290 e. The van der Waals surface area contributed by atoms with Crippen molar-refractivity contribution in [3.05, 3.63) is 58.6 Å². The summed E-state index contributed by atoms with van der Waals surface area (Å²) in [6.07, 6.45) is 3.47. The van der Waals surface area contributed by atoms with E-state index in [1.807, 2.05) is 43.6 Å². The van der Waals surface area contributed by atoms with Gasteiger partial charge in [0.15, 0.2) is 0 Å². The van der Waals surface area contributed by atoms with Gasteiger partial charge in [0.1, 0.15) is 11.7 Å². The highest BCUT2D eigenvalue weighted by atomic mass is 35.5. The third-order valence-corrected chi connectivity index (χ3v) is 3.82. The Bertz CT molecular complexity index is 630. The molecule has 1 heterocycles. The molecule has 2 rings (SSSR count). The van der Waals surface area contributed by atoms with Crippen LogP contribution >= 0.6 is 11.6 Å². The molecule has 2 atom stereocenters. The summed E-state index contributed by atoms with van der Waals surface area (Å²) >= 11 is 6.30. The lowest BCUT2D eigenvalue weighted by molar-refractivity contribution is 0.225. The van der Waals surface area contributed by atoms with Gasteiger partial charge in [-0.2, -0.15) is 0 Å². The highest BCUT2D eigenvalue weighted by Crippen LogP contribution is 2.35. The number of aryl methyl sites for hydroxylation is 1. The van der Waals surface area contributed by atoms with E-state index >= 15 is 0 Å². The Morgan fingerprint density at radius 2 is 1.90 bits per heavy atom. The van der Waals surface area contributed by atoms with Crippen molar-refractivity contribution >= 4 is 17.4 Å². The minimum atomic E-state index is -0.304. The first kappa shape index (κ1) is 15.4. The lowest BCUT2D eigenvalue weighted by atomic mass is 9.82. The summed E-state index contributed by atoms with van der Waals surface area (Å²) in [4.78, 5) is 8.43. The molecule has 0 amide bonds. The molecule has 0 spiro atoms. The molecule has 110 valence electrons. The molecule has 2 unspecified atom stereocenters. The lowest BCUT2D eigenvalue weighted by Crippen LogP contribution is -2.30. The summed E-state index contributed by atoms with van der Waals surface area (Å²) < 4.78 is 0. The Morgan fingerprint density at radius 3 is 2.48 bits per heavy atom. The number of hydroxylamine groups is 1. The highest BCUT2D eigenvalue weighted by Gasteiger charge is 2.27. The van der Waals surface area contributed by atoms with Gasteiger partial charge in [-0.05, 0) is 24.1 Å². The van der Waals surface area contributed by atoms with Crippen LogP contribution in [0.1, 0.15) is 29.8 Å². The van der Waals surface area contributed by atoms with Gasteiger partial charge in [-0.1, -0.05) is 36.7 Å². The monoisotopic (exact) mass is 304 g/mol. The molecule has 0 fully saturated rings. The normalized spacial score (nSPS) is 13.5. The van der Waals surface area contributed by atoms with E-state index in [4.69, 9.17) is 22.2 Å². The first-order valence-electron chi connectivity index (χ1n) is 6.56. The maximum Gasteiger partial charge on any atom is 0.125 e. The summed E-state index contributed by atoms with van der Waals surface area (Å²) in [6, 6.07) is 7.47. The number of amidine groups is 1. The molecule has 0 aliphatic rings. The molecular formula is C15H17ClN4O. The van der Waals surface area contributed by atoms with E-state index in [1.165, 1.54) is 0 Å². The fourth-order valence-corrected chi connectivity index (χ4v) is 2.55. The van der Waals surface area contributed by atoms with Gasteiger partial charge in [-0.3, -0.25) is 16.1 Å². The van der Waals surface area contributed by atoms with Crippen molar-refractivity contribution < 1.29 is 5.21 Å². The minimum absolute atomic E-state index is 0.0143. The molecule has 0 saturated heterocycles. The zero-order chi connectivity index (χ0) is 15.4. The summed E-state index contributed by atoms with van der Waals surface area (Å²) in [7, 11) is 0. The van der Waals surface area contributed by atoms with Crippen LogP contribution in [0.15, 0.2) is 36.7 Å². The van der Waals surface area contributed by atoms with Crippen LogP contribution in [0.3, 0.4) is 0 Å². The third-order valence-electron chi connectivity index (χ3n) is 3.48. The van der Waals surface area contributed by atoms with Crippen molar-refractivity contribution in [1.82, 2.24) is 15.4 Å². The number of halogens is 1. The van der Waals surface area contributed by atoms with E-state index in [0.29, 0.717) is 10.8 Å². The predicted octanol–water partition coefficient (Wildman–Crippen LogP) is 3.16. The van der Waals surface area contributed by atoms with Crippen LogP contribution < -0.4 is 5.48 Å². The van der Waals surface area contributed by atoms with Crippen molar-refractivity contribution in [3.63, 3.8) is 0 Å². The first-order chi connectivity index (χ1) is 10.0. The van der Waals surface area contributed by atoms with Crippen LogP contribution in [0.4, 0.5) is 0 Å². The molecule has 5 nitrogen and oxygen atoms in total. The molecule has 3 N–H and O–H groups in total. The van der Waals surface area contributed by atoms with Gasteiger partial charge in [0.05, 0.1) is 0 Å². The Morgan fingerprint density at radius 1 is 1.29 bits per heavy atom. The van der Waals surface area contributed by atoms with Crippen LogP contribution in [-0.4, -0.2) is 21.0 Å². The Kier molecular flexibility index (Phi) is 4.88. The number of hydrogen-bond acceptors (Lipinski definition) is 4. The molecule has 2 aromatic rings. The maximum atomic E-state index is 9.02. The summed E-state index contributed by atoms with van der Waals surface area (Å²) in [5.74, 6) is 0.174. The molecule has 21 heavy (non-hydrogen) atoms. The number of aromatic nitrogens is 2. The lowest BCUT2D eigenvalue weighted by Gasteiger charge is -2.25.